The smallest absolute Gasteiger partial charge is 0.207 e. The van der Waals surface area contributed by atoms with Gasteiger partial charge in [0.25, 0.3) is 0 Å². The minimum Gasteiger partial charge on any atom is -0.207 e. The molecule has 2 rings (SSSR count). The van der Waals surface area contributed by atoms with Crippen molar-refractivity contribution in [2.45, 2.75) is 36.6 Å². The standard InChI is InChI=1S/C12H16ClNO2S/c1-10-4-2-5-11(8-10)17(15,16)14-12(9-13)6-3-7-12/h2,4-5,8,14H,3,6-7,9H2,1H3. The van der Waals surface area contributed by atoms with Gasteiger partial charge < -0.3 is 0 Å². The molecule has 3 nitrogen and oxygen atoms in total. The van der Waals surface area contributed by atoms with Crippen molar-refractivity contribution in [3.05, 3.63) is 29.8 Å². The van der Waals surface area contributed by atoms with E-state index < -0.39 is 15.6 Å². The van der Waals surface area contributed by atoms with Crippen LogP contribution in [0.1, 0.15) is 24.8 Å². The SMILES string of the molecule is Cc1cccc(S(=O)(=O)NC2(CCl)CCC2)c1. The zero-order valence-corrected chi connectivity index (χ0v) is 11.3. The Hall–Kier alpha value is -0.580. The molecule has 1 aliphatic rings. The molecule has 94 valence electrons. The van der Waals surface area contributed by atoms with Crippen LogP contribution < -0.4 is 4.72 Å². The van der Waals surface area contributed by atoms with E-state index in [4.69, 9.17) is 11.6 Å². The summed E-state index contributed by atoms with van der Waals surface area (Å²) in [5.74, 6) is 0.331. The molecule has 1 aliphatic carbocycles. The normalized spacial score (nSPS) is 18.7. The molecule has 17 heavy (non-hydrogen) atoms. The van der Waals surface area contributed by atoms with Gasteiger partial charge in [0.15, 0.2) is 0 Å². The first-order valence-electron chi connectivity index (χ1n) is 5.64. The lowest BCUT2D eigenvalue weighted by atomic mass is 9.79. The molecule has 0 aliphatic heterocycles. The number of sulfonamides is 1. The zero-order valence-electron chi connectivity index (χ0n) is 9.74. The number of benzene rings is 1. The third-order valence-electron chi connectivity index (χ3n) is 3.22. The fourth-order valence-electron chi connectivity index (χ4n) is 1.99. The molecular formula is C12H16ClNO2S. The summed E-state index contributed by atoms with van der Waals surface area (Å²) in [4.78, 5) is 0.314. The number of nitrogens with one attached hydrogen (secondary N) is 1. The Bertz CT molecular complexity index is 503. The van der Waals surface area contributed by atoms with Gasteiger partial charge in [-0.1, -0.05) is 12.1 Å². The Morgan fingerprint density at radius 2 is 2.12 bits per heavy atom. The Balaban J connectivity index is 2.25. The van der Waals surface area contributed by atoms with Crippen LogP contribution in [0.4, 0.5) is 0 Å². The molecule has 5 heteroatoms. The van der Waals surface area contributed by atoms with Crippen molar-refractivity contribution in [2.75, 3.05) is 5.88 Å². The number of alkyl halides is 1. The van der Waals surface area contributed by atoms with Crippen molar-refractivity contribution >= 4 is 21.6 Å². The van der Waals surface area contributed by atoms with E-state index in [1.165, 1.54) is 0 Å². The number of hydrogen-bond acceptors (Lipinski definition) is 2. The monoisotopic (exact) mass is 273 g/mol. The fraction of sp³-hybridized carbons (Fsp3) is 0.500. The molecule has 0 spiro atoms. The Morgan fingerprint density at radius 1 is 1.41 bits per heavy atom. The fourth-order valence-corrected chi connectivity index (χ4v) is 3.97. The highest BCUT2D eigenvalue weighted by Gasteiger charge is 2.39. The van der Waals surface area contributed by atoms with Gasteiger partial charge in [-0.2, -0.15) is 0 Å². The van der Waals surface area contributed by atoms with Gasteiger partial charge in [0.2, 0.25) is 10.0 Å². The van der Waals surface area contributed by atoms with Crippen LogP contribution >= 0.6 is 11.6 Å². The molecule has 1 saturated carbocycles. The van der Waals surface area contributed by atoms with Crippen molar-refractivity contribution in [2.24, 2.45) is 0 Å². The van der Waals surface area contributed by atoms with E-state index in [1.54, 1.807) is 18.2 Å². The lowest BCUT2D eigenvalue weighted by Crippen LogP contribution is -2.54. The lowest BCUT2D eigenvalue weighted by Gasteiger charge is -2.40. The highest BCUT2D eigenvalue weighted by Crippen LogP contribution is 2.34. The molecule has 0 aromatic heterocycles. The first-order valence-corrected chi connectivity index (χ1v) is 7.66. The number of rotatable bonds is 4. The number of aryl methyl sites for hydroxylation is 1. The zero-order chi connectivity index (χ0) is 12.5. The molecule has 0 saturated heterocycles. The Labute approximate surface area is 107 Å². The van der Waals surface area contributed by atoms with Crippen molar-refractivity contribution in [1.82, 2.24) is 4.72 Å². The summed E-state index contributed by atoms with van der Waals surface area (Å²) in [5.41, 5.74) is 0.505. The second kappa shape index (κ2) is 4.59. The maximum Gasteiger partial charge on any atom is 0.241 e. The van der Waals surface area contributed by atoms with Gasteiger partial charge in [-0.05, 0) is 43.9 Å². The highest BCUT2D eigenvalue weighted by molar-refractivity contribution is 7.89. The van der Waals surface area contributed by atoms with E-state index in [9.17, 15) is 8.42 Å². The van der Waals surface area contributed by atoms with E-state index in [2.05, 4.69) is 4.72 Å². The molecule has 1 aromatic carbocycles. The molecule has 0 radical (unpaired) electrons. The van der Waals surface area contributed by atoms with Crippen LogP contribution in [-0.4, -0.2) is 19.8 Å². The van der Waals surface area contributed by atoms with Gasteiger partial charge in [-0.3, -0.25) is 0 Å². The predicted molar refractivity (Wildman–Crippen MR) is 68.8 cm³/mol. The average molecular weight is 274 g/mol. The molecule has 0 heterocycles. The quantitative estimate of drug-likeness (QED) is 0.857. The van der Waals surface area contributed by atoms with Crippen LogP contribution in [0.3, 0.4) is 0 Å². The molecule has 0 bridgehead atoms. The summed E-state index contributed by atoms with van der Waals surface area (Å²) in [6.07, 6.45) is 2.67. The van der Waals surface area contributed by atoms with Gasteiger partial charge in [-0.25, -0.2) is 13.1 Å². The third-order valence-corrected chi connectivity index (χ3v) is 5.31. The maximum atomic E-state index is 12.2. The largest absolute Gasteiger partial charge is 0.241 e. The Kier molecular flexibility index (Phi) is 3.48. The molecular weight excluding hydrogens is 258 g/mol. The topological polar surface area (TPSA) is 46.2 Å². The third kappa shape index (κ3) is 2.64. The second-order valence-corrected chi connectivity index (χ2v) is 6.64. The molecule has 1 N–H and O–H groups in total. The first kappa shape index (κ1) is 12.9. The summed E-state index contributed by atoms with van der Waals surface area (Å²) in [7, 11) is -3.45. The van der Waals surface area contributed by atoms with Gasteiger partial charge >= 0.3 is 0 Å². The van der Waals surface area contributed by atoms with E-state index in [0.29, 0.717) is 10.8 Å². The van der Waals surface area contributed by atoms with E-state index in [-0.39, 0.29) is 0 Å². The van der Waals surface area contributed by atoms with Gasteiger partial charge in [0.05, 0.1) is 4.90 Å². The van der Waals surface area contributed by atoms with Gasteiger partial charge in [0.1, 0.15) is 0 Å². The minimum absolute atomic E-state index is 0.314. The van der Waals surface area contributed by atoms with Crippen molar-refractivity contribution in [3.8, 4) is 0 Å². The summed E-state index contributed by atoms with van der Waals surface area (Å²) in [6.45, 7) is 1.87. The maximum absolute atomic E-state index is 12.2. The van der Waals surface area contributed by atoms with E-state index >= 15 is 0 Å². The van der Waals surface area contributed by atoms with Crippen LogP contribution in [0, 0.1) is 6.92 Å². The lowest BCUT2D eigenvalue weighted by molar-refractivity contribution is 0.252. The molecule has 1 aromatic rings. The molecule has 0 unspecified atom stereocenters. The van der Waals surface area contributed by atoms with Crippen LogP contribution in [-0.2, 0) is 10.0 Å². The van der Waals surface area contributed by atoms with Crippen molar-refractivity contribution < 1.29 is 8.42 Å². The number of hydrogen-bond donors (Lipinski definition) is 1. The second-order valence-electron chi connectivity index (χ2n) is 4.69. The predicted octanol–water partition coefficient (Wildman–Crippen LogP) is 2.43. The molecule has 1 fully saturated rings. The summed E-state index contributed by atoms with van der Waals surface area (Å²) < 4.78 is 27.1. The minimum atomic E-state index is -3.45. The summed E-state index contributed by atoms with van der Waals surface area (Å²) in [6, 6.07) is 6.90. The van der Waals surface area contributed by atoms with Crippen LogP contribution in [0.15, 0.2) is 29.2 Å². The van der Waals surface area contributed by atoms with Gasteiger partial charge in [0, 0.05) is 11.4 Å². The summed E-state index contributed by atoms with van der Waals surface area (Å²) in [5, 5.41) is 0. The summed E-state index contributed by atoms with van der Waals surface area (Å²) >= 11 is 5.86. The van der Waals surface area contributed by atoms with E-state index in [1.807, 2.05) is 13.0 Å². The van der Waals surface area contributed by atoms with Gasteiger partial charge in [-0.15, -0.1) is 11.6 Å². The number of halogens is 1. The van der Waals surface area contributed by atoms with Crippen molar-refractivity contribution in [1.29, 1.82) is 0 Å². The molecule has 0 amide bonds. The van der Waals surface area contributed by atoms with E-state index in [0.717, 1.165) is 24.8 Å². The van der Waals surface area contributed by atoms with Crippen LogP contribution in [0.5, 0.6) is 0 Å². The average Bonchev–Trinajstić information content (AvgIpc) is 2.24. The van der Waals surface area contributed by atoms with Crippen molar-refractivity contribution in [3.63, 3.8) is 0 Å². The highest BCUT2D eigenvalue weighted by atomic mass is 35.5. The van der Waals surface area contributed by atoms with Crippen LogP contribution in [0.2, 0.25) is 0 Å². The first-order chi connectivity index (χ1) is 7.97. The Morgan fingerprint density at radius 3 is 2.59 bits per heavy atom. The molecule has 0 atom stereocenters. The van der Waals surface area contributed by atoms with Crippen LogP contribution in [0.25, 0.3) is 0 Å².